The zero-order chi connectivity index (χ0) is 18.1. The summed E-state index contributed by atoms with van der Waals surface area (Å²) in [5, 5.41) is 5.96. The Morgan fingerprint density at radius 3 is 2.28 bits per heavy atom. The second-order valence-electron chi connectivity index (χ2n) is 5.40. The molecule has 0 radical (unpaired) electrons. The van der Waals surface area contributed by atoms with Crippen LogP contribution >= 0.6 is 11.6 Å². The van der Waals surface area contributed by atoms with Gasteiger partial charge in [0.15, 0.2) is 0 Å². The fourth-order valence-corrected chi connectivity index (χ4v) is 3.01. The quantitative estimate of drug-likeness (QED) is 0.559. The van der Waals surface area contributed by atoms with Gasteiger partial charge in [-0.1, -0.05) is 68.4 Å². The van der Waals surface area contributed by atoms with E-state index in [1.165, 1.54) is 34.0 Å². The molecular weight excluding hydrogens is 330 g/mol. The molecule has 3 aromatic carbocycles. The molecule has 0 amide bonds. The number of benzene rings is 3. The number of anilines is 1. The van der Waals surface area contributed by atoms with Crippen LogP contribution in [0.25, 0.3) is 10.8 Å². The van der Waals surface area contributed by atoms with Gasteiger partial charge in [-0.25, -0.2) is 0 Å². The molecular formula is C22H26ClNO. The molecule has 1 aliphatic heterocycles. The van der Waals surface area contributed by atoms with Gasteiger partial charge in [-0.15, -0.1) is 11.6 Å². The van der Waals surface area contributed by atoms with Crippen LogP contribution in [0.4, 0.5) is 5.69 Å². The minimum absolute atomic E-state index is 0.601. The fraction of sp³-hybridized carbons (Fsp3) is 0.273. The fourth-order valence-electron chi connectivity index (χ4n) is 3.01. The van der Waals surface area contributed by atoms with Crippen LogP contribution < -0.4 is 10.1 Å². The number of nitrogens with one attached hydrogen (secondary N) is 1. The van der Waals surface area contributed by atoms with Gasteiger partial charge in [0, 0.05) is 30.1 Å². The van der Waals surface area contributed by atoms with Crippen molar-refractivity contribution in [2.45, 2.75) is 26.9 Å². The van der Waals surface area contributed by atoms with Gasteiger partial charge >= 0.3 is 0 Å². The third-order valence-electron chi connectivity index (χ3n) is 4.05. The van der Waals surface area contributed by atoms with Crippen LogP contribution in [0.3, 0.4) is 0 Å². The lowest BCUT2D eigenvalue weighted by molar-refractivity contribution is 0.310. The number of fused-ring (bicyclic) bond motifs is 3. The third-order valence-corrected chi connectivity index (χ3v) is 4.05. The molecule has 0 unspecified atom stereocenters. The number of rotatable bonds is 3. The minimum atomic E-state index is 0.601. The SMILES string of the molecule is CC.CCl.c1ccc(COc2cc3c(c4ccccc24)CCN3)cc1. The minimum Gasteiger partial charge on any atom is -0.488 e. The molecule has 0 saturated heterocycles. The van der Waals surface area contributed by atoms with Gasteiger partial charge in [-0.3, -0.25) is 0 Å². The van der Waals surface area contributed by atoms with Crippen LogP contribution in [0.5, 0.6) is 5.75 Å². The molecule has 1 heterocycles. The van der Waals surface area contributed by atoms with Crippen molar-refractivity contribution in [3.63, 3.8) is 0 Å². The van der Waals surface area contributed by atoms with E-state index < -0.39 is 0 Å². The summed E-state index contributed by atoms with van der Waals surface area (Å²) in [6.07, 6.45) is 2.56. The zero-order valence-electron chi connectivity index (χ0n) is 15.2. The standard InChI is InChI=1S/C19H17NO.C2H6.CH3Cl/c1-2-6-14(7-3-1)13-21-19-12-18-16(10-11-20-18)15-8-4-5-9-17(15)19;2*1-2/h1-9,12,20H,10-11,13H2;1-2H3;1H3. The highest BCUT2D eigenvalue weighted by Gasteiger charge is 2.16. The highest BCUT2D eigenvalue weighted by molar-refractivity contribution is 6.15. The number of hydrogen-bond donors (Lipinski definition) is 1. The van der Waals surface area contributed by atoms with Crippen molar-refractivity contribution in [3.8, 4) is 5.75 Å². The first kappa shape index (κ1) is 19.1. The molecule has 3 aromatic rings. The summed E-state index contributed by atoms with van der Waals surface area (Å²) in [6.45, 7) is 5.62. The van der Waals surface area contributed by atoms with E-state index >= 15 is 0 Å². The molecule has 0 bridgehead atoms. The van der Waals surface area contributed by atoms with Crippen molar-refractivity contribution in [2.24, 2.45) is 0 Å². The lowest BCUT2D eigenvalue weighted by Gasteiger charge is -2.13. The molecule has 0 aliphatic carbocycles. The lowest BCUT2D eigenvalue weighted by atomic mass is 10.0. The van der Waals surface area contributed by atoms with Gasteiger partial charge in [0.25, 0.3) is 0 Å². The maximum Gasteiger partial charge on any atom is 0.129 e. The van der Waals surface area contributed by atoms with Crippen molar-refractivity contribution >= 4 is 28.1 Å². The summed E-state index contributed by atoms with van der Waals surface area (Å²) in [5.74, 6) is 0.961. The number of halogens is 1. The van der Waals surface area contributed by atoms with E-state index in [1.54, 1.807) is 0 Å². The molecule has 0 fully saturated rings. The molecule has 25 heavy (non-hydrogen) atoms. The van der Waals surface area contributed by atoms with E-state index in [0.29, 0.717) is 6.61 Å². The van der Waals surface area contributed by atoms with Crippen LogP contribution in [0.1, 0.15) is 25.0 Å². The highest BCUT2D eigenvalue weighted by atomic mass is 35.5. The second kappa shape index (κ2) is 9.95. The molecule has 4 rings (SSSR count). The summed E-state index contributed by atoms with van der Waals surface area (Å²) >= 11 is 4.64. The third kappa shape index (κ3) is 4.46. The maximum absolute atomic E-state index is 6.09. The first-order valence-corrected chi connectivity index (χ1v) is 9.50. The lowest BCUT2D eigenvalue weighted by Crippen LogP contribution is -1.97. The Balaban J connectivity index is 0.000000528. The van der Waals surface area contributed by atoms with Crippen LogP contribution in [0.2, 0.25) is 0 Å². The largest absolute Gasteiger partial charge is 0.488 e. The normalized spacial score (nSPS) is 11.4. The molecule has 0 saturated carbocycles. The molecule has 132 valence electrons. The first-order valence-electron chi connectivity index (χ1n) is 8.75. The molecule has 2 nitrogen and oxygen atoms in total. The van der Waals surface area contributed by atoms with Gasteiger partial charge in [-0.05, 0) is 22.9 Å². The van der Waals surface area contributed by atoms with Gasteiger partial charge in [0.2, 0.25) is 0 Å². The smallest absolute Gasteiger partial charge is 0.129 e. The van der Waals surface area contributed by atoms with Crippen LogP contribution in [-0.4, -0.2) is 12.9 Å². The molecule has 0 spiro atoms. The van der Waals surface area contributed by atoms with E-state index in [2.05, 4.69) is 59.4 Å². The highest BCUT2D eigenvalue weighted by Crippen LogP contribution is 2.37. The van der Waals surface area contributed by atoms with Crippen molar-refractivity contribution in [3.05, 3.63) is 71.8 Å². The van der Waals surface area contributed by atoms with Crippen molar-refractivity contribution in [2.75, 3.05) is 18.2 Å². The Hall–Kier alpha value is -2.19. The zero-order valence-corrected chi connectivity index (χ0v) is 15.9. The summed E-state index contributed by atoms with van der Waals surface area (Å²) in [7, 11) is 0. The molecule has 3 heteroatoms. The summed E-state index contributed by atoms with van der Waals surface area (Å²) in [6, 6.07) is 21.0. The van der Waals surface area contributed by atoms with Crippen LogP contribution in [0, 0.1) is 0 Å². The number of hydrogen-bond acceptors (Lipinski definition) is 2. The summed E-state index contributed by atoms with van der Waals surface area (Å²) < 4.78 is 6.09. The Morgan fingerprint density at radius 1 is 0.920 bits per heavy atom. The predicted molar refractivity (Wildman–Crippen MR) is 110 cm³/mol. The average Bonchev–Trinajstić information content (AvgIpc) is 3.19. The number of ether oxygens (including phenoxy) is 1. The Kier molecular flexibility index (Phi) is 7.62. The molecule has 0 atom stereocenters. The predicted octanol–water partition coefficient (Wildman–Crippen LogP) is 6.27. The average molecular weight is 356 g/mol. The number of alkyl halides is 1. The monoisotopic (exact) mass is 355 g/mol. The van der Waals surface area contributed by atoms with E-state index in [4.69, 9.17) is 4.74 Å². The topological polar surface area (TPSA) is 21.3 Å². The molecule has 0 aromatic heterocycles. The van der Waals surface area contributed by atoms with Crippen LogP contribution in [-0.2, 0) is 13.0 Å². The van der Waals surface area contributed by atoms with Gasteiger partial charge in [-0.2, -0.15) is 0 Å². The molecule has 1 N–H and O–H groups in total. The van der Waals surface area contributed by atoms with E-state index in [9.17, 15) is 0 Å². The Bertz CT molecular complexity index is 787. The van der Waals surface area contributed by atoms with Gasteiger partial charge < -0.3 is 10.1 Å². The van der Waals surface area contributed by atoms with Crippen molar-refractivity contribution in [1.29, 1.82) is 0 Å². The van der Waals surface area contributed by atoms with Crippen molar-refractivity contribution in [1.82, 2.24) is 0 Å². The summed E-state index contributed by atoms with van der Waals surface area (Å²) in [5.41, 5.74) is 3.82. The summed E-state index contributed by atoms with van der Waals surface area (Å²) in [4.78, 5) is 0. The van der Waals surface area contributed by atoms with E-state index in [-0.39, 0.29) is 0 Å². The maximum atomic E-state index is 6.09. The Morgan fingerprint density at radius 2 is 1.56 bits per heavy atom. The molecule has 1 aliphatic rings. The van der Waals surface area contributed by atoms with Crippen LogP contribution in [0.15, 0.2) is 60.7 Å². The van der Waals surface area contributed by atoms with Crippen molar-refractivity contribution < 1.29 is 4.74 Å². The van der Waals surface area contributed by atoms with Gasteiger partial charge in [0.05, 0.1) is 0 Å². The van der Waals surface area contributed by atoms with E-state index in [0.717, 1.165) is 18.7 Å². The first-order chi connectivity index (χ1) is 12.4. The van der Waals surface area contributed by atoms with Gasteiger partial charge in [0.1, 0.15) is 12.4 Å². The Labute approximate surface area is 155 Å². The van der Waals surface area contributed by atoms with E-state index in [1.807, 2.05) is 32.0 Å². The second-order valence-corrected chi connectivity index (χ2v) is 5.40.